The molecular formula is C20H20ClN3O2S. The van der Waals surface area contributed by atoms with Gasteiger partial charge in [0.25, 0.3) is 10.0 Å². The summed E-state index contributed by atoms with van der Waals surface area (Å²) in [6.45, 7) is 4.64. The Morgan fingerprint density at radius 1 is 1.00 bits per heavy atom. The van der Waals surface area contributed by atoms with Gasteiger partial charge in [0, 0.05) is 49.2 Å². The van der Waals surface area contributed by atoms with Crippen LogP contribution in [0, 0.1) is 0 Å². The quantitative estimate of drug-likeness (QED) is 0.517. The molecule has 0 N–H and O–H groups in total. The Labute approximate surface area is 163 Å². The number of aromatic nitrogens is 1. The molecule has 27 heavy (non-hydrogen) atoms. The highest BCUT2D eigenvalue weighted by molar-refractivity contribution is 7.90. The monoisotopic (exact) mass is 401 g/mol. The zero-order valence-electron chi connectivity index (χ0n) is 15.0. The van der Waals surface area contributed by atoms with Gasteiger partial charge in [-0.15, -0.1) is 0 Å². The van der Waals surface area contributed by atoms with Crippen LogP contribution in [0.4, 0.5) is 0 Å². The zero-order chi connectivity index (χ0) is 18.8. The minimum absolute atomic E-state index is 0.376. The van der Waals surface area contributed by atoms with Crippen molar-refractivity contribution in [2.45, 2.75) is 11.4 Å². The lowest BCUT2D eigenvalue weighted by Crippen LogP contribution is -2.43. The van der Waals surface area contributed by atoms with Gasteiger partial charge in [0.2, 0.25) is 0 Å². The first-order valence-corrected chi connectivity index (χ1v) is 10.9. The summed E-state index contributed by atoms with van der Waals surface area (Å²) in [5.74, 6) is 0. The van der Waals surface area contributed by atoms with Crippen LogP contribution >= 0.6 is 11.6 Å². The summed E-state index contributed by atoms with van der Waals surface area (Å²) < 4.78 is 28.0. The van der Waals surface area contributed by atoms with Crippen LogP contribution in [-0.2, 0) is 16.6 Å². The molecule has 0 bridgehead atoms. The Hall–Kier alpha value is -1.86. The molecule has 0 spiro atoms. The van der Waals surface area contributed by atoms with E-state index in [0.29, 0.717) is 22.0 Å². The van der Waals surface area contributed by atoms with E-state index in [1.807, 2.05) is 30.3 Å². The van der Waals surface area contributed by atoms with E-state index >= 15 is 0 Å². The standard InChI is InChI=1S/C20H20ClN3O2S/c1-22-9-11-23(12-10-22)13-15-19-16(21)6-4-7-17(19)24-20(15)14-5-2-3-8-18(14)27(24,25)26/h2-8H,9-13H2,1H3. The molecule has 5 rings (SSSR count). The molecule has 3 aromatic rings. The summed E-state index contributed by atoms with van der Waals surface area (Å²) in [7, 11) is -1.48. The summed E-state index contributed by atoms with van der Waals surface area (Å²) in [6, 6.07) is 12.8. The molecule has 0 atom stereocenters. The molecule has 2 aliphatic rings. The molecule has 2 aliphatic heterocycles. The summed E-state index contributed by atoms with van der Waals surface area (Å²) in [5.41, 5.74) is 3.22. The van der Waals surface area contributed by atoms with Crippen molar-refractivity contribution in [2.24, 2.45) is 0 Å². The van der Waals surface area contributed by atoms with E-state index in [-0.39, 0.29) is 0 Å². The average Bonchev–Trinajstić information content (AvgIpc) is 3.11. The van der Waals surface area contributed by atoms with Gasteiger partial charge in [0.1, 0.15) is 0 Å². The first-order chi connectivity index (χ1) is 13.0. The molecule has 1 saturated heterocycles. The summed E-state index contributed by atoms with van der Waals surface area (Å²) >= 11 is 6.55. The van der Waals surface area contributed by atoms with Crippen molar-refractivity contribution >= 4 is 32.5 Å². The lowest BCUT2D eigenvalue weighted by molar-refractivity contribution is 0.148. The molecule has 3 heterocycles. The normalized spacial score (nSPS) is 19.3. The second-order valence-electron chi connectivity index (χ2n) is 7.31. The highest BCUT2D eigenvalue weighted by Crippen LogP contribution is 2.46. The van der Waals surface area contributed by atoms with Gasteiger partial charge in [0.15, 0.2) is 0 Å². The van der Waals surface area contributed by atoms with E-state index in [2.05, 4.69) is 16.8 Å². The van der Waals surface area contributed by atoms with Gasteiger partial charge in [-0.3, -0.25) is 4.90 Å². The number of likely N-dealkylation sites (N-methyl/N-ethyl adjacent to an activating group) is 1. The van der Waals surface area contributed by atoms with Crippen LogP contribution < -0.4 is 0 Å². The minimum Gasteiger partial charge on any atom is -0.304 e. The topological polar surface area (TPSA) is 45.5 Å². The highest BCUT2D eigenvalue weighted by Gasteiger charge is 2.37. The van der Waals surface area contributed by atoms with Crippen LogP contribution in [0.1, 0.15) is 5.56 Å². The molecule has 140 valence electrons. The Morgan fingerprint density at radius 3 is 2.52 bits per heavy atom. The van der Waals surface area contributed by atoms with Crippen LogP contribution in [0.25, 0.3) is 22.2 Å². The number of hydrogen-bond donors (Lipinski definition) is 0. The zero-order valence-corrected chi connectivity index (χ0v) is 16.6. The number of piperazine rings is 1. The molecule has 0 amide bonds. The van der Waals surface area contributed by atoms with E-state index in [1.165, 1.54) is 3.97 Å². The smallest absolute Gasteiger partial charge is 0.269 e. The van der Waals surface area contributed by atoms with Crippen LogP contribution in [-0.4, -0.2) is 55.4 Å². The fourth-order valence-electron chi connectivity index (χ4n) is 4.23. The molecule has 0 radical (unpaired) electrons. The number of nitrogens with zero attached hydrogens (tertiary/aromatic N) is 3. The first kappa shape index (κ1) is 17.3. The summed E-state index contributed by atoms with van der Waals surface area (Å²) in [6.07, 6.45) is 0. The predicted octanol–water partition coefficient (Wildman–Crippen LogP) is 3.26. The molecule has 1 aromatic heterocycles. The van der Waals surface area contributed by atoms with Gasteiger partial charge in [-0.25, -0.2) is 12.4 Å². The number of halogens is 1. The largest absolute Gasteiger partial charge is 0.304 e. The summed E-state index contributed by atoms with van der Waals surface area (Å²) in [5, 5.41) is 1.46. The lowest BCUT2D eigenvalue weighted by Gasteiger charge is -2.32. The Balaban J connectivity index is 1.77. The van der Waals surface area contributed by atoms with Crippen LogP contribution in [0.2, 0.25) is 5.02 Å². The predicted molar refractivity (Wildman–Crippen MR) is 108 cm³/mol. The highest BCUT2D eigenvalue weighted by atomic mass is 35.5. The Bertz CT molecular complexity index is 1160. The lowest BCUT2D eigenvalue weighted by atomic mass is 10.0. The summed E-state index contributed by atoms with van der Waals surface area (Å²) in [4.78, 5) is 5.07. The average molecular weight is 402 g/mol. The third-order valence-corrected chi connectivity index (χ3v) is 7.73. The van der Waals surface area contributed by atoms with Crippen molar-refractivity contribution < 1.29 is 8.42 Å². The maximum atomic E-state index is 13.2. The Morgan fingerprint density at radius 2 is 1.74 bits per heavy atom. The van der Waals surface area contributed by atoms with Gasteiger partial charge in [-0.1, -0.05) is 35.9 Å². The van der Waals surface area contributed by atoms with Crippen LogP contribution in [0.15, 0.2) is 47.4 Å². The SMILES string of the molecule is CN1CCN(Cc2c3n(c4cccc(Cl)c24)S(=O)(=O)c2ccccc2-3)CC1. The third-order valence-electron chi connectivity index (χ3n) is 5.64. The van der Waals surface area contributed by atoms with Crippen molar-refractivity contribution in [3.63, 3.8) is 0 Å². The van der Waals surface area contributed by atoms with E-state index in [9.17, 15) is 8.42 Å². The maximum Gasteiger partial charge on any atom is 0.269 e. The van der Waals surface area contributed by atoms with E-state index in [4.69, 9.17) is 11.6 Å². The van der Waals surface area contributed by atoms with E-state index < -0.39 is 10.0 Å². The fourth-order valence-corrected chi connectivity index (χ4v) is 6.27. The number of rotatable bonds is 2. The molecular weight excluding hydrogens is 382 g/mol. The molecule has 7 heteroatoms. The van der Waals surface area contributed by atoms with Crippen molar-refractivity contribution in [1.29, 1.82) is 0 Å². The molecule has 2 aromatic carbocycles. The third kappa shape index (κ3) is 2.48. The van der Waals surface area contributed by atoms with Gasteiger partial charge >= 0.3 is 0 Å². The van der Waals surface area contributed by atoms with Crippen molar-refractivity contribution in [1.82, 2.24) is 13.8 Å². The van der Waals surface area contributed by atoms with Gasteiger partial charge < -0.3 is 4.90 Å². The maximum absolute atomic E-state index is 13.2. The molecule has 1 fully saturated rings. The van der Waals surface area contributed by atoms with Crippen LogP contribution in [0.3, 0.4) is 0 Å². The van der Waals surface area contributed by atoms with E-state index in [0.717, 1.165) is 48.4 Å². The molecule has 0 aliphatic carbocycles. The van der Waals surface area contributed by atoms with Crippen molar-refractivity contribution in [2.75, 3.05) is 33.2 Å². The van der Waals surface area contributed by atoms with Gasteiger partial charge in [0.05, 0.1) is 21.1 Å². The molecule has 0 unspecified atom stereocenters. The first-order valence-electron chi connectivity index (χ1n) is 9.06. The molecule has 5 nitrogen and oxygen atoms in total. The Kier molecular flexibility index (Phi) is 3.88. The fraction of sp³-hybridized carbons (Fsp3) is 0.300. The van der Waals surface area contributed by atoms with Crippen molar-refractivity contribution in [3.05, 3.63) is 53.1 Å². The number of benzene rings is 2. The van der Waals surface area contributed by atoms with E-state index in [1.54, 1.807) is 12.1 Å². The second-order valence-corrected chi connectivity index (χ2v) is 9.47. The number of fused-ring (bicyclic) bond motifs is 5. The number of hydrogen-bond acceptors (Lipinski definition) is 4. The second kappa shape index (κ2) is 6.07. The van der Waals surface area contributed by atoms with Gasteiger partial charge in [-0.05, 0) is 25.2 Å². The minimum atomic E-state index is -3.61. The van der Waals surface area contributed by atoms with Gasteiger partial charge in [-0.2, -0.15) is 0 Å². The molecule has 0 saturated carbocycles. The van der Waals surface area contributed by atoms with Crippen LogP contribution in [0.5, 0.6) is 0 Å². The van der Waals surface area contributed by atoms with Crippen molar-refractivity contribution in [3.8, 4) is 11.3 Å².